The number of hydrogen-bond donors (Lipinski definition) is 2. The number of amides is 1. The molecule has 0 bridgehead atoms. The van der Waals surface area contributed by atoms with Crippen molar-refractivity contribution in [3.05, 3.63) is 22.4 Å². The van der Waals surface area contributed by atoms with Crippen molar-refractivity contribution in [1.82, 2.24) is 5.32 Å². The standard InChI is InChI=1S/C12H15NO4S/c1-12(5-3-6-17-12)11(16)13-9(10(14)15)8-4-2-7-18-8/h2,4,7,9H,3,5-6H2,1H3,(H,13,16)(H,14,15). The van der Waals surface area contributed by atoms with E-state index in [4.69, 9.17) is 4.74 Å². The summed E-state index contributed by atoms with van der Waals surface area (Å²) in [6, 6.07) is 2.45. The summed E-state index contributed by atoms with van der Waals surface area (Å²) in [4.78, 5) is 23.9. The maximum absolute atomic E-state index is 12.1. The zero-order chi connectivity index (χ0) is 13.2. The Balaban J connectivity index is 2.10. The summed E-state index contributed by atoms with van der Waals surface area (Å²) in [6.45, 7) is 2.24. The Labute approximate surface area is 109 Å². The van der Waals surface area contributed by atoms with Gasteiger partial charge in [-0.05, 0) is 31.2 Å². The van der Waals surface area contributed by atoms with Gasteiger partial charge in [-0.3, -0.25) is 4.79 Å². The average Bonchev–Trinajstić information content (AvgIpc) is 2.96. The van der Waals surface area contributed by atoms with Crippen molar-refractivity contribution in [2.24, 2.45) is 0 Å². The van der Waals surface area contributed by atoms with Gasteiger partial charge in [0, 0.05) is 11.5 Å². The molecule has 1 amide bonds. The molecule has 0 spiro atoms. The Kier molecular flexibility index (Phi) is 3.68. The topological polar surface area (TPSA) is 75.6 Å². The number of carboxylic acids is 1. The van der Waals surface area contributed by atoms with Gasteiger partial charge in [0.15, 0.2) is 6.04 Å². The van der Waals surface area contributed by atoms with Crippen molar-refractivity contribution >= 4 is 23.2 Å². The molecule has 98 valence electrons. The Morgan fingerprint density at radius 1 is 1.61 bits per heavy atom. The van der Waals surface area contributed by atoms with Crippen LogP contribution in [0.4, 0.5) is 0 Å². The smallest absolute Gasteiger partial charge is 0.331 e. The van der Waals surface area contributed by atoms with Gasteiger partial charge in [0.2, 0.25) is 0 Å². The molecular weight excluding hydrogens is 254 g/mol. The minimum Gasteiger partial charge on any atom is -0.479 e. The normalized spacial score (nSPS) is 24.7. The van der Waals surface area contributed by atoms with Crippen LogP contribution in [0.1, 0.15) is 30.7 Å². The largest absolute Gasteiger partial charge is 0.479 e. The second-order valence-electron chi connectivity index (χ2n) is 4.44. The van der Waals surface area contributed by atoms with Gasteiger partial charge in [-0.15, -0.1) is 11.3 Å². The fourth-order valence-corrected chi connectivity index (χ4v) is 2.72. The van der Waals surface area contributed by atoms with E-state index >= 15 is 0 Å². The van der Waals surface area contributed by atoms with Crippen molar-refractivity contribution in [3.8, 4) is 0 Å². The Bertz CT molecular complexity index is 437. The van der Waals surface area contributed by atoms with E-state index in [1.165, 1.54) is 11.3 Å². The molecular formula is C12H15NO4S. The minimum atomic E-state index is -1.06. The highest BCUT2D eigenvalue weighted by Crippen LogP contribution is 2.27. The van der Waals surface area contributed by atoms with Crippen molar-refractivity contribution in [3.63, 3.8) is 0 Å². The molecule has 1 aromatic rings. The van der Waals surface area contributed by atoms with Gasteiger partial charge in [-0.1, -0.05) is 6.07 Å². The van der Waals surface area contributed by atoms with Crippen LogP contribution < -0.4 is 5.32 Å². The first-order valence-corrected chi connectivity index (χ1v) is 6.62. The average molecular weight is 269 g/mol. The van der Waals surface area contributed by atoms with E-state index in [0.29, 0.717) is 17.9 Å². The number of hydrogen-bond acceptors (Lipinski definition) is 4. The Morgan fingerprint density at radius 3 is 2.89 bits per heavy atom. The van der Waals surface area contributed by atoms with E-state index in [-0.39, 0.29) is 5.91 Å². The first kappa shape index (κ1) is 13.0. The van der Waals surface area contributed by atoms with Crippen LogP contribution in [0, 0.1) is 0 Å². The zero-order valence-corrected chi connectivity index (χ0v) is 10.8. The maximum atomic E-state index is 12.1. The predicted molar refractivity (Wildman–Crippen MR) is 66.4 cm³/mol. The monoisotopic (exact) mass is 269 g/mol. The molecule has 1 saturated heterocycles. The van der Waals surface area contributed by atoms with E-state index in [9.17, 15) is 14.7 Å². The highest BCUT2D eigenvalue weighted by atomic mass is 32.1. The molecule has 1 aromatic heterocycles. The summed E-state index contributed by atoms with van der Waals surface area (Å²) in [5, 5.41) is 13.5. The van der Waals surface area contributed by atoms with Crippen LogP contribution in [0.25, 0.3) is 0 Å². The van der Waals surface area contributed by atoms with Crippen LogP contribution >= 0.6 is 11.3 Å². The van der Waals surface area contributed by atoms with Crippen molar-refractivity contribution in [2.45, 2.75) is 31.4 Å². The second-order valence-corrected chi connectivity index (χ2v) is 5.42. The van der Waals surface area contributed by atoms with Crippen molar-refractivity contribution in [1.29, 1.82) is 0 Å². The molecule has 0 aromatic carbocycles. The zero-order valence-electron chi connectivity index (χ0n) is 10.0. The van der Waals surface area contributed by atoms with Gasteiger partial charge >= 0.3 is 5.97 Å². The lowest BCUT2D eigenvalue weighted by Crippen LogP contribution is -2.46. The molecule has 2 rings (SSSR count). The number of ether oxygens (including phenoxy) is 1. The van der Waals surface area contributed by atoms with E-state index in [1.54, 1.807) is 24.4 Å². The minimum absolute atomic E-state index is 0.360. The fourth-order valence-electron chi connectivity index (χ4n) is 1.95. The molecule has 0 aliphatic carbocycles. The summed E-state index contributed by atoms with van der Waals surface area (Å²) in [5.74, 6) is -1.42. The highest BCUT2D eigenvalue weighted by Gasteiger charge is 2.39. The lowest BCUT2D eigenvalue weighted by molar-refractivity contribution is -0.147. The lowest BCUT2D eigenvalue weighted by Gasteiger charge is -2.24. The van der Waals surface area contributed by atoms with Crippen LogP contribution in [0.2, 0.25) is 0 Å². The first-order valence-electron chi connectivity index (χ1n) is 5.74. The summed E-state index contributed by atoms with van der Waals surface area (Å²) in [6.07, 6.45) is 1.44. The van der Waals surface area contributed by atoms with Gasteiger partial charge in [0.25, 0.3) is 5.91 Å². The molecule has 1 aliphatic heterocycles. The number of carbonyl (C=O) groups excluding carboxylic acids is 1. The molecule has 0 saturated carbocycles. The highest BCUT2D eigenvalue weighted by molar-refractivity contribution is 7.10. The van der Waals surface area contributed by atoms with Crippen LogP contribution in [-0.4, -0.2) is 29.2 Å². The van der Waals surface area contributed by atoms with Crippen LogP contribution in [0.5, 0.6) is 0 Å². The molecule has 18 heavy (non-hydrogen) atoms. The SMILES string of the molecule is CC1(C(=O)NC(C(=O)O)c2cccs2)CCCO1. The molecule has 0 radical (unpaired) electrons. The Hall–Kier alpha value is -1.40. The van der Waals surface area contributed by atoms with E-state index in [0.717, 1.165) is 6.42 Å². The molecule has 2 heterocycles. The summed E-state index contributed by atoms with van der Waals surface area (Å²) in [5.41, 5.74) is -0.898. The first-order chi connectivity index (χ1) is 8.53. The van der Waals surface area contributed by atoms with Crippen LogP contribution in [-0.2, 0) is 14.3 Å². The van der Waals surface area contributed by atoms with E-state index < -0.39 is 17.6 Å². The fraction of sp³-hybridized carbons (Fsp3) is 0.500. The molecule has 5 nitrogen and oxygen atoms in total. The van der Waals surface area contributed by atoms with Crippen molar-refractivity contribution in [2.75, 3.05) is 6.61 Å². The third kappa shape index (κ3) is 2.54. The number of thiophene rings is 1. The quantitative estimate of drug-likeness (QED) is 0.869. The van der Waals surface area contributed by atoms with Crippen molar-refractivity contribution < 1.29 is 19.4 Å². The summed E-state index contributed by atoms with van der Waals surface area (Å²) >= 11 is 1.31. The molecule has 6 heteroatoms. The molecule has 1 aliphatic rings. The maximum Gasteiger partial charge on any atom is 0.331 e. The summed E-state index contributed by atoms with van der Waals surface area (Å²) < 4.78 is 5.40. The molecule has 2 unspecified atom stereocenters. The van der Waals surface area contributed by atoms with Crippen LogP contribution in [0.3, 0.4) is 0 Å². The second kappa shape index (κ2) is 5.07. The summed E-state index contributed by atoms with van der Waals surface area (Å²) in [7, 11) is 0. The van der Waals surface area contributed by atoms with Gasteiger partial charge in [-0.25, -0.2) is 4.79 Å². The van der Waals surface area contributed by atoms with Crippen LogP contribution in [0.15, 0.2) is 17.5 Å². The number of carbonyl (C=O) groups is 2. The third-order valence-electron chi connectivity index (χ3n) is 3.05. The number of aliphatic carboxylic acids is 1. The van der Waals surface area contributed by atoms with E-state index in [1.807, 2.05) is 0 Å². The molecule has 2 atom stereocenters. The third-order valence-corrected chi connectivity index (χ3v) is 3.99. The Morgan fingerprint density at radius 2 is 2.39 bits per heavy atom. The van der Waals surface area contributed by atoms with Gasteiger partial charge < -0.3 is 15.2 Å². The lowest BCUT2D eigenvalue weighted by atomic mass is 10.0. The molecule has 1 fully saturated rings. The number of carboxylic acid groups (broad SMARTS) is 1. The van der Waals surface area contributed by atoms with Gasteiger partial charge in [0.05, 0.1) is 0 Å². The number of rotatable bonds is 4. The van der Waals surface area contributed by atoms with Gasteiger partial charge in [0.1, 0.15) is 5.60 Å². The number of nitrogens with one attached hydrogen (secondary N) is 1. The van der Waals surface area contributed by atoms with E-state index in [2.05, 4.69) is 5.32 Å². The molecule has 2 N–H and O–H groups in total. The predicted octanol–water partition coefficient (Wildman–Crippen LogP) is 1.56. The van der Waals surface area contributed by atoms with Gasteiger partial charge in [-0.2, -0.15) is 0 Å².